The van der Waals surface area contributed by atoms with E-state index in [9.17, 15) is 27.6 Å². The Morgan fingerprint density at radius 3 is 2.32 bits per heavy atom. The fourth-order valence-corrected chi connectivity index (χ4v) is 3.33. The average molecular weight is 518 g/mol. The largest absolute Gasteiger partial charge is 0.466 e. The first-order valence-electron chi connectivity index (χ1n) is 11.4. The number of amides is 1. The fourth-order valence-electron chi connectivity index (χ4n) is 3.33. The van der Waals surface area contributed by atoms with E-state index in [1.54, 1.807) is 26.0 Å². The molecule has 2 aromatic carbocycles. The maximum Gasteiger partial charge on any atom is 0.416 e. The van der Waals surface area contributed by atoms with E-state index in [2.05, 4.69) is 20.6 Å². The van der Waals surface area contributed by atoms with Crippen molar-refractivity contribution >= 4 is 40.4 Å². The average Bonchev–Trinajstić information content (AvgIpc) is 2.86. The quantitative estimate of drug-likeness (QED) is 0.379. The van der Waals surface area contributed by atoms with Crippen molar-refractivity contribution in [1.29, 1.82) is 0 Å². The van der Waals surface area contributed by atoms with Gasteiger partial charge in [0.25, 0.3) is 5.91 Å². The molecule has 3 aromatic rings. The van der Waals surface area contributed by atoms with E-state index in [0.717, 1.165) is 12.1 Å². The summed E-state index contributed by atoms with van der Waals surface area (Å²) < 4.78 is 48.8. The highest BCUT2D eigenvalue weighted by molar-refractivity contribution is 5.97. The molecule has 1 amide bonds. The fraction of sp³-hybridized carbons (Fsp3) is 0.320. The number of halogens is 3. The lowest BCUT2D eigenvalue weighted by atomic mass is 10.1. The molecular weight excluding hydrogens is 493 g/mol. The molecule has 12 heteroatoms. The van der Waals surface area contributed by atoms with Crippen molar-refractivity contribution in [2.45, 2.75) is 38.9 Å². The first-order chi connectivity index (χ1) is 17.6. The van der Waals surface area contributed by atoms with Crippen LogP contribution in [-0.4, -0.2) is 47.1 Å². The molecule has 0 bridgehead atoms. The minimum absolute atomic E-state index is 0.0136. The van der Waals surface area contributed by atoms with E-state index < -0.39 is 35.6 Å². The predicted molar refractivity (Wildman–Crippen MR) is 128 cm³/mol. The summed E-state index contributed by atoms with van der Waals surface area (Å²) in [5, 5.41) is 5.49. The molecule has 0 saturated carbocycles. The Kier molecular flexibility index (Phi) is 8.99. The van der Waals surface area contributed by atoms with Crippen molar-refractivity contribution in [2.24, 2.45) is 0 Å². The number of carbonyl (C=O) groups excluding carboxylic acids is 3. The number of fused-ring (bicyclic) bond motifs is 1. The number of ether oxygens (including phenoxy) is 2. The van der Waals surface area contributed by atoms with Gasteiger partial charge in [-0.15, -0.1) is 0 Å². The van der Waals surface area contributed by atoms with Crippen molar-refractivity contribution < 1.29 is 37.0 Å². The van der Waals surface area contributed by atoms with Crippen molar-refractivity contribution in [3.63, 3.8) is 0 Å². The zero-order chi connectivity index (χ0) is 27.0. The minimum Gasteiger partial charge on any atom is -0.466 e. The van der Waals surface area contributed by atoms with Crippen LogP contribution in [0.4, 0.5) is 24.7 Å². The standard InChI is InChI=1S/C25H25F3N4O5/c1-3-36-22(33)12-11-19(24(35)37-4-2)32-23(34)15-5-8-17(9-6-15)30-21-14-29-18-10-7-16(25(26,27)28)13-20(18)31-21/h5-10,13-14,19H,3-4,11-12H2,1-2H3,(H,30,31)(H,32,34). The summed E-state index contributed by atoms with van der Waals surface area (Å²) in [5.74, 6) is -1.50. The Balaban J connectivity index is 1.68. The number of nitrogens with zero attached hydrogens (tertiary/aromatic N) is 2. The molecule has 0 fully saturated rings. The summed E-state index contributed by atoms with van der Waals surface area (Å²) in [5.41, 5.74) is 0.287. The Morgan fingerprint density at radius 2 is 1.68 bits per heavy atom. The first-order valence-corrected chi connectivity index (χ1v) is 11.4. The maximum atomic E-state index is 13.0. The Bertz CT molecular complexity index is 1270. The molecule has 9 nitrogen and oxygen atoms in total. The van der Waals surface area contributed by atoms with Gasteiger partial charge in [-0.2, -0.15) is 13.2 Å². The SMILES string of the molecule is CCOC(=O)CCC(NC(=O)c1ccc(Nc2cnc3ccc(C(F)(F)F)cc3n2)cc1)C(=O)OCC. The van der Waals surface area contributed by atoms with Crippen LogP contribution in [0, 0.1) is 0 Å². The van der Waals surface area contributed by atoms with Gasteiger partial charge < -0.3 is 20.1 Å². The van der Waals surface area contributed by atoms with Gasteiger partial charge in [0.05, 0.1) is 36.0 Å². The van der Waals surface area contributed by atoms with E-state index in [1.165, 1.54) is 24.4 Å². The lowest BCUT2D eigenvalue weighted by molar-refractivity contribution is -0.147. The smallest absolute Gasteiger partial charge is 0.416 e. The molecule has 0 saturated heterocycles. The number of hydrogen-bond donors (Lipinski definition) is 2. The highest BCUT2D eigenvalue weighted by Gasteiger charge is 2.30. The lowest BCUT2D eigenvalue weighted by Gasteiger charge is -2.17. The summed E-state index contributed by atoms with van der Waals surface area (Å²) in [7, 11) is 0. The van der Waals surface area contributed by atoms with Gasteiger partial charge in [-0.25, -0.2) is 9.78 Å². The van der Waals surface area contributed by atoms with Crippen molar-refractivity contribution in [3.05, 3.63) is 59.8 Å². The van der Waals surface area contributed by atoms with Crippen LogP contribution in [-0.2, 0) is 25.2 Å². The number of esters is 2. The number of hydrogen-bond acceptors (Lipinski definition) is 8. The van der Waals surface area contributed by atoms with Crippen LogP contribution in [0.3, 0.4) is 0 Å². The second kappa shape index (κ2) is 12.2. The molecule has 1 unspecified atom stereocenters. The predicted octanol–water partition coefficient (Wildman–Crippen LogP) is 4.40. The van der Waals surface area contributed by atoms with Crippen LogP contribution in [0.15, 0.2) is 48.7 Å². The summed E-state index contributed by atoms with van der Waals surface area (Å²) in [6.45, 7) is 3.61. The number of nitrogens with one attached hydrogen (secondary N) is 2. The number of anilines is 2. The molecule has 0 radical (unpaired) electrons. The van der Waals surface area contributed by atoms with Crippen LogP contribution in [0.5, 0.6) is 0 Å². The number of alkyl halides is 3. The lowest BCUT2D eigenvalue weighted by Crippen LogP contribution is -2.42. The third kappa shape index (κ3) is 7.63. The third-order valence-electron chi connectivity index (χ3n) is 5.11. The number of benzene rings is 2. The molecule has 1 aromatic heterocycles. The molecule has 2 N–H and O–H groups in total. The second-order valence-electron chi connectivity index (χ2n) is 7.78. The van der Waals surface area contributed by atoms with Crippen molar-refractivity contribution in [2.75, 3.05) is 18.5 Å². The molecular formula is C25H25F3N4O5. The van der Waals surface area contributed by atoms with Gasteiger partial charge in [-0.3, -0.25) is 14.6 Å². The van der Waals surface area contributed by atoms with E-state index >= 15 is 0 Å². The van der Waals surface area contributed by atoms with Crippen LogP contribution in [0.25, 0.3) is 11.0 Å². The van der Waals surface area contributed by atoms with Crippen LogP contribution >= 0.6 is 0 Å². The highest BCUT2D eigenvalue weighted by Crippen LogP contribution is 2.31. The van der Waals surface area contributed by atoms with E-state index in [4.69, 9.17) is 9.47 Å². The van der Waals surface area contributed by atoms with Gasteiger partial charge >= 0.3 is 18.1 Å². The van der Waals surface area contributed by atoms with Gasteiger partial charge in [-0.05, 0) is 62.7 Å². The topological polar surface area (TPSA) is 120 Å². The molecule has 0 aliphatic heterocycles. The third-order valence-corrected chi connectivity index (χ3v) is 5.11. The number of rotatable bonds is 10. The second-order valence-corrected chi connectivity index (χ2v) is 7.78. The van der Waals surface area contributed by atoms with Crippen LogP contribution in [0.1, 0.15) is 42.6 Å². The molecule has 1 atom stereocenters. The van der Waals surface area contributed by atoms with Gasteiger partial charge in [0.2, 0.25) is 0 Å². The summed E-state index contributed by atoms with van der Waals surface area (Å²) in [4.78, 5) is 44.9. The normalized spacial score (nSPS) is 12.0. The monoisotopic (exact) mass is 518 g/mol. The summed E-state index contributed by atoms with van der Waals surface area (Å²) >= 11 is 0. The van der Waals surface area contributed by atoms with Gasteiger partial charge in [0.15, 0.2) is 0 Å². The van der Waals surface area contributed by atoms with Crippen molar-refractivity contribution in [1.82, 2.24) is 15.3 Å². The number of aromatic nitrogens is 2. The molecule has 0 spiro atoms. The molecule has 3 rings (SSSR count). The Morgan fingerprint density at radius 1 is 0.973 bits per heavy atom. The van der Waals surface area contributed by atoms with E-state index in [-0.39, 0.29) is 43.0 Å². The Labute approximate surface area is 210 Å². The zero-order valence-electron chi connectivity index (χ0n) is 20.1. The van der Waals surface area contributed by atoms with Crippen LogP contribution in [0.2, 0.25) is 0 Å². The van der Waals surface area contributed by atoms with Crippen LogP contribution < -0.4 is 10.6 Å². The van der Waals surface area contributed by atoms with Gasteiger partial charge in [0, 0.05) is 17.7 Å². The zero-order valence-corrected chi connectivity index (χ0v) is 20.1. The van der Waals surface area contributed by atoms with Crippen molar-refractivity contribution in [3.8, 4) is 0 Å². The van der Waals surface area contributed by atoms with E-state index in [1.807, 2.05) is 0 Å². The molecule has 37 heavy (non-hydrogen) atoms. The summed E-state index contributed by atoms with van der Waals surface area (Å²) in [6, 6.07) is 8.17. The first kappa shape index (κ1) is 27.4. The summed E-state index contributed by atoms with van der Waals surface area (Å²) in [6.07, 6.45) is -3.18. The minimum atomic E-state index is -4.50. The number of carbonyl (C=O) groups is 3. The highest BCUT2D eigenvalue weighted by atomic mass is 19.4. The molecule has 0 aliphatic rings. The van der Waals surface area contributed by atoms with Gasteiger partial charge in [0.1, 0.15) is 11.9 Å². The molecule has 1 heterocycles. The maximum absolute atomic E-state index is 13.0. The molecule has 196 valence electrons. The Hall–Kier alpha value is -4.22. The molecule has 0 aliphatic carbocycles. The van der Waals surface area contributed by atoms with Gasteiger partial charge in [-0.1, -0.05) is 0 Å². The van der Waals surface area contributed by atoms with E-state index in [0.29, 0.717) is 11.2 Å².